The lowest BCUT2D eigenvalue weighted by atomic mass is 10.0. The normalized spacial score (nSPS) is 27.3. The maximum atomic E-state index is 11.0. The molecule has 1 heterocycles. The van der Waals surface area contributed by atoms with Gasteiger partial charge in [0.25, 0.3) is 0 Å². The van der Waals surface area contributed by atoms with Gasteiger partial charge >= 0.3 is 11.9 Å². The third-order valence-corrected chi connectivity index (χ3v) is 2.24. The molecule has 0 aromatic carbocycles. The number of carbonyl (C=O) groups is 2. The minimum atomic E-state index is -1.07. The lowest BCUT2D eigenvalue weighted by molar-refractivity contribution is -0.152. The maximum Gasteiger partial charge on any atom is 0.320 e. The molecule has 2 atom stereocenters. The second kappa shape index (κ2) is 4.25. The Morgan fingerprint density at radius 2 is 2.38 bits per heavy atom. The van der Waals surface area contributed by atoms with Crippen LogP contribution in [0.15, 0.2) is 0 Å². The van der Waals surface area contributed by atoms with Gasteiger partial charge in [-0.05, 0) is 6.42 Å². The summed E-state index contributed by atoms with van der Waals surface area (Å²) in [5.41, 5.74) is 0. The fourth-order valence-corrected chi connectivity index (χ4v) is 1.46. The molecule has 2 unspecified atom stereocenters. The van der Waals surface area contributed by atoms with Gasteiger partial charge in [-0.3, -0.25) is 9.59 Å². The highest BCUT2D eigenvalue weighted by molar-refractivity contribution is 5.95. The van der Waals surface area contributed by atoms with E-state index < -0.39 is 17.9 Å². The number of hydrogen-bond acceptors (Lipinski definition) is 3. The molecule has 1 saturated heterocycles. The molecule has 0 saturated carbocycles. The van der Waals surface area contributed by atoms with E-state index >= 15 is 0 Å². The first-order valence-electron chi connectivity index (χ1n) is 4.58. The van der Waals surface area contributed by atoms with Gasteiger partial charge in [-0.25, -0.2) is 0 Å². The molecule has 4 nitrogen and oxygen atoms in total. The Morgan fingerprint density at radius 3 is 2.85 bits per heavy atom. The molecular weight excluding hydrogens is 172 g/mol. The summed E-state index contributed by atoms with van der Waals surface area (Å²) in [6.45, 7) is 2.05. The molecule has 0 aromatic rings. The third kappa shape index (κ3) is 2.44. The van der Waals surface area contributed by atoms with Gasteiger partial charge in [-0.15, -0.1) is 0 Å². The van der Waals surface area contributed by atoms with Crippen LogP contribution in [0.3, 0.4) is 0 Å². The van der Waals surface area contributed by atoms with Gasteiger partial charge < -0.3 is 9.84 Å². The Hall–Kier alpha value is -1.06. The minimum Gasteiger partial charge on any atom is -0.481 e. The topological polar surface area (TPSA) is 63.6 Å². The third-order valence-electron chi connectivity index (χ3n) is 2.24. The molecule has 0 radical (unpaired) electrons. The quantitative estimate of drug-likeness (QED) is 0.529. The first-order valence-corrected chi connectivity index (χ1v) is 4.58. The van der Waals surface area contributed by atoms with Crippen LogP contribution in [-0.2, 0) is 14.3 Å². The maximum absolute atomic E-state index is 11.0. The molecule has 4 heteroatoms. The van der Waals surface area contributed by atoms with E-state index in [0.717, 1.165) is 19.3 Å². The van der Waals surface area contributed by atoms with Crippen molar-refractivity contribution in [3.63, 3.8) is 0 Å². The predicted octanol–water partition coefficient (Wildman–Crippen LogP) is 1.19. The zero-order chi connectivity index (χ0) is 9.84. The Kier molecular flexibility index (Phi) is 3.28. The van der Waals surface area contributed by atoms with E-state index in [2.05, 4.69) is 0 Å². The van der Waals surface area contributed by atoms with Gasteiger partial charge in [-0.1, -0.05) is 19.8 Å². The predicted molar refractivity (Wildman–Crippen MR) is 45.1 cm³/mol. The lowest BCUT2D eigenvalue weighted by Gasteiger charge is -2.06. The number of cyclic esters (lactones) is 1. The summed E-state index contributed by atoms with van der Waals surface area (Å²) in [5.74, 6) is -2.57. The summed E-state index contributed by atoms with van der Waals surface area (Å²) in [6, 6.07) is 0. The zero-order valence-corrected chi connectivity index (χ0v) is 7.66. The fraction of sp³-hybridized carbons (Fsp3) is 0.778. The van der Waals surface area contributed by atoms with Crippen molar-refractivity contribution in [2.75, 3.05) is 0 Å². The van der Waals surface area contributed by atoms with Crippen molar-refractivity contribution in [2.45, 2.75) is 38.7 Å². The number of rotatable bonds is 4. The van der Waals surface area contributed by atoms with Crippen LogP contribution in [0.2, 0.25) is 0 Å². The molecule has 0 aliphatic carbocycles. The van der Waals surface area contributed by atoms with E-state index in [0.29, 0.717) is 6.42 Å². The molecule has 0 amide bonds. The van der Waals surface area contributed by atoms with E-state index in [1.165, 1.54) is 0 Å². The van der Waals surface area contributed by atoms with Gasteiger partial charge in [0.15, 0.2) is 5.92 Å². The molecule has 0 bridgehead atoms. The van der Waals surface area contributed by atoms with Gasteiger partial charge in [0.2, 0.25) is 0 Å². The van der Waals surface area contributed by atoms with Crippen molar-refractivity contribution in [1.82, 2.24) is 0 Å². The number of unbranched alkanes of at least 4 members (excludes halogenated alkanes) is 1. The molecule has 1 aliphatic rings. The molecule has 74 valence electrons. The van der Waals surface area contributed by atoms with Crippen LogP contribution in [0, 0.1) is 5.92 Å². The molecule has 1 N–H and O–H groups in total. The molecular formula is C9H14O4. The Balaban J connectivity index is 2.41. The summed E-state index contributed by atoms with van der Waals surface area (Å²) in [6.07, 6.45) is 2.96. The molecule has 0 aromatic heterocycles. The standard InChI is InChI=1S/C9H14O4/c1-2-3-4-6-5-7(8(10)11)9(12)13-6/h6-7H,2-5H2,1H3,(H,10,11). The molecule has 0 spiro atoms. The smallest absolute Gasteiger partial charge is 0.320 e. The van der Waals surface area contributed by atoms with Gasteiger partial charge in [-0.2, -0.15) is 0 Å². The van der Waals surface area contributed by atoms with Gasteiger partial charge in [0.1, 0.15) is 6.10 Å². The Bertz CT molecular complexity index is 212. The van der Waals surface area contributed by atoms with E-state index in [-0.39, 0.29) is 6.10 Å². The number of ether oxygens (including phenoxy) is 1. The number of hydrogen-bond donors (Lipinski definition) is 1. The van der Waals surface area contributed by atoms with Crippen molar-refractivity contribution in [3.8, 4) is 0 Å². The molecule has 1 aliphatic heterocycles. The van der Waals surface area contributed by atoms with Gasteiger partial charge in [0.05, 0.1) is 0 Å². The molecule has 1 fully saturated rings. The van der Waals surface area contributed by atoms with E-state index in [4.69, 9.17) is 9.84 Å². The second-order valence-corrected chi connectivity index (χ2v) is 3.33. The Morgan fingerprint density at radius 1 is 1.69 bits per heavy atom. The van der Waals surface area contributed by atoms with Crippen molar-refractivity contribution in [2.24, 2.45) is 5.92 Å². The summed E-state index contributed by atoms with van der Waals surface area (Å²) in [4.78, 5) is 21.5. The van der Waals surface area contributed by atoms with Crippen molar-refractivity contribution in [3.05, 3.63) is 0 Å². The number of aliphatic carboxylic acids is 1. The first-order chi connectivity index (χ1) is 6.15. The van der Waals surface area contributed by atoms with Crippen molar-refractivity contribution < 1.29 is 19.4 Å². The Labute approximate surface area is 76.9 Å². The number of carboxylic acid groups (broad SMARTS) is 1. The number of carbonyl (C=O) groups excluding carboxylic acids is 1. The van der Waals surface area contributed by atoms with Crippen LogP contribution >= 0.6 is 0 Å². The first kappa shape index (κ1) is 10.0. The van der Waals surface area contributed by atoms with Crippen LogP contribution in [0.1, 0.15) is 32.6 Å². The average Bonchev–Trinajstić information content (AvgIpc) is 2.43. The monoisotopic (exact) mass is 186 g/mol. The van der Waals surface area contributed by atoms with Crippen LogP contribution in [0.5, 0.6) is 0 Å². The average molecular weight is 186 g/mol. The van der Waals surface area contributed by atoms with Gasteiger partial charge in [0, 0.05) is 6.42 Å². The zero-order valence-electron chi connectivity index (χ0n) is 7.66. The summed E-state index contributed by atoms with van der Waals surface area (Å²) >= 11 is 0. The molecule has 1 rings (SSSR count). The van der Waals surface area contributed by atoms with Crippen LogP contribution < -0.4 is 0 Å². The largest absolute Gasteiger partial charge is 0.481 e. The number of esters is 1. The highest BCUT2D eigenvalue weighted by Gasteiger charge is 2.38. The number of carboxylic acids is 1. The van der Waals surface area contributed by atoms with E-state index in [1.54, 1.807) is 0 Å². The highest BCUT2D eigenvalue weighted by Crippen LogP contribution is 2.24. The van der Waals surface area contributed by atoms with Crippen molar-refractivity contribution >= 4 is 11.9 Å². The van der Waals surface area contributed by atoms with Crippen LogP contribution in [0.4, 0.5) is 0 Å². The summed E-state index contributed by atoms with van der Waals surface area (Å²) < 4.78 is 4.92. The fourth-order valence-electron chi connectivity index (χ4n) is 1.46. The molecule has 13 heavy (non-hydrogen) atoms. The van der Waals surface area contributed by atoms with Crippen LogP contribution in [0.25, 0.3) is 0 Å². The van der Waals surface area contributed by atoms with Crippen molar-refractivity contribution in [1.29, 1.82) is 0 Å². The second-order valence-electron chi connectivity index (χ2n) is 3.33. The summed E-state index contributed by atoms with van der Waals surface area (Å²) in [7, 11) is 0. The van der Waals surface area contributed by atoms with E-state index in [1.807, 2.05) is 6.92 Å². The SMILES string of the molecule is CCCCC1CC(C(=O)O)C(=O)O1. The van der Waals surface area contributed by atoms with Crippen LogP contribution in [-0.4, -0.2) is 23.1 Å². The minimum absolute atomic E-state index is 0.173. The lowest BCUT2D eigenvalue weighted by Crippen LogP contribution is -2.17. The van der Waals surface area contributed by atoms with E-state index in [9.17, 15) is 9.59 Å². The highest BCUT2D eigenvalue weighted by atomic mass is 16.6. The summed E-state index contributed by atoms with van der Waals surface area (Å²) in [5, 5.41) is 8.63.